The van der Waals surface area contributed by atoms with Crippen LogP contribution in [-0.4, -0.2) is 22.3 Å². The number of hydrogen-bond donors (Lipinski definition) is 0. The van der Waals surface area contributed by atoms with Crippen LogP contribution in [0.4, 0.5) is 0 Å². The van der Waals surface area contributed by atoms with Crippen LogP contribution >= 0.6 is 27.7 Å². The summed E-state index contributed by atoms with van der Waals surface area (Å²) in [5.74, 6) is 0.748. The van der Waals surface area contributed by atoms with E-state index in [0.717, 1.165) is 40.3 Å². The molecular weight excluding hydrogens is 412 g/mol. The molecule has 2 aromatic carbocycles. The van der Waals surface area contributed by atoms with E-state index in [4.69, 9.17) is 9.72 Å². The highest BCUT2D eigenvalue weighted by Crippen LogP contribution is 2.27. The molecule has 3 aromatic rings. The van der Waals surface area contributed by atoms with Crippen LogP contribution < -0.4 is 5.56 Å². The second-order valence-corrected chi connectivity index (χ2v) is 8.14. The maximum absolute atomic E-state index is 13.1. The standard InChI is InChI=1S/C20H19BrN2O2S/c21-17-9-3-1-6-14(17)13-26-20-22-18-10-4-2-8-16(18)19(24)23(20)12-15-7-5-11-25-15/h1-4,6,8-10,15H,5,7,11-13H2. The number of halogens is 1. The topological polar surface area (TPSA) is 44.1 Å². The Kier molecular flexibility index (Phi) is 5.43. The number of aromatic nitrogens is 2. The average molecular weight is 431 g/mol. The fourth-order valence-electron chi connectivity index (χ4n) is 3.17. The van der Waals surface area contributed by atoms with Crippen molar-refractivity contribution in [3.63, 3.8) is 0 Å². The number of nitrogens with zero attached hydrogens (tertiary/aromatic N) is 2. The molecule has 1 saturated heterocycles. The summed E-state index contributed by atoms with van der Waals surface area (Å²) in [6.45, 7) is 1.34. The van der Waals surface area contributed by atoms with Crippen LogP contribution in [0.5, 0.6) is 0 Å². The Hall–Kier alpha value is -1.63. The second kappa shape index (κ2) is 7.94. The molecule has 0 amide bonds. The fourth-order valence-corrected chi connectivity index (χ4v) is 4.79. The highest BCUT2D eigenvalue weighted by atomic mass is 79.9. The smallest absolute Gasteiger partial charge is 0.262 e. The summed E-state index contributed by atoms with van der Waals surface area (Å²) in [5.41, 5.74) is 1.94. The van der Waals surface area contributed by atoms with Gasteiger partial charge >= 0.3 is 0 Å². The molecule has 0 N–H and O–H groups in total. The van der Waals surface area contributed by atoms with Gasteiger partial charge in [0.15, 0.2) is 5.16 Å². The quantitative estimate of drug-likeness (QED) is 0.437. The summed E-state index contributed by atoms with van der Waals surface area (Å²) in [6.07, 6.45) is 2.14. The molecule has 0 radical (unpaired) electrons. The van der Waals surface area contributed by atoms with Gasteiger partial charge in [0.2, 0.25) is 0 Å². The van der Waals surface area contributed by atoms with Crippen LogP contribution in [0, 0.1) is 0 Å². The lowest BCUT2D eigenvalue weighted by Gasteiger charge is -2.16. The molecule has 0 spiro atoms. The molecule has 4 rings (SSSR count). The largest absolute Gasteiger partial charge is 0.376 e. The maximum atomic E-state index is 13.1. The predicted molar refractivity (Wildman–Crippen MR) is 109 cm³/mol. The van der Waals surface area contributed by atoms with Gasteiger partial charge in [-0.15, -0.1) is 0 Å². The summed E-state index contributed by atoms with van der Waals surface area (Å²) in [4.78, 5) is 17.8. The van der Waals surface area contributed by atoms with Crippen molar-refractivity contribution in [2.45, 2.75) is 36.4 Å². The Bertz CT molecular complexity index is 983. The molecule has 4 nitrogen and oxygen atoms in total. The lowest BCUT2D eigenvalue weighted by molar-refractivity contribution is 0.0937. The van der Waals surface area contributed by atoms with E-state index in [2.05, 4.69) is 22.0 Å². The lowest BCUT2D eigenvalue weighted by atomic mass is 10.2. The molecule has 0 saturated carbocycles. The van der Waals surface area contributed by atoms with Crippen molar-refractivity contribution in [2.24, 2.45) is 0 Å². The van der Waals surface area contributed by atoms with Gasteiger partial charge in [0.25, 0.3) is 5.56 Å². The highest BCUT2D eigenvalue weighted by Gasteiger charge is 2.20. The van der Waals surface area contributed by atoms with Gasteiger partial charge in [-0.05, 0) is 36.6 Å². The molecule has 26 heavy (non-hydrogen) atoms. The zero-order chi connectivity index (χ0) is 17.9. The van der Waals surface area contributed by atoms with Gasteiger partial charge in [-0.3, -0.25) is 9.36 Å². The highest BCUT2D eigenvalue weighted by molar-refractivity contribution is 9.10. The molecule has 1 unspecified atom stereocenters. The number of benzene rings is 2. The summed E-state index contributed by atoms with van der Waals surface area (Å²) in [6, 6.07) is 15.7. The van der Waals surface area contributed by atoms with E-state index >= 15 is 0 Å². The minimum Gasteiger partial charge on any atom is -0.376 e. The van der Waals surface area contributed by atoms with E-state index < -0.39 is 0 Å². The molecule has 2 heterocycles. The van der Waals surface area contributed by atoms with Crippen LogP contribution in [0.25, 0.3) is 10.9 Å². The molecule has 0 bridgehead atoms. The van der Waals surface area contributed by atoms with E-state index in [9.17, 15) is 4.79 Å². The fraction of sp³-hybridized carbons (Fsp3) is 0.300. The van der Waals surface area contributed by atoms with Crippen LogP contribution in [0.3, 0.4) is 0 Å². The number of fused-ring (bicyclic) bond motifs is 1. The molecule has 1 aliphatic rings. The van der Waals surface area contributed by atoms with Gasteiger partial charge < -0.3 is 4.74 Å². The third-order valence-electron chi connectivity index (χ3n) is 4.55. The van der Waals surface area contributed by atoms with Crippen molar-refractivity contribution in [3.05, 3.63) is 68.9 Å². The predicted octanol–water partition coefficient (Wildman–Crippen LogP) is 4.63. The third kappa shape index (κ3) is 3.72. The lowest BCUT2D eigenvalue weighted by Crippen LogP contribution is -2.28. The zero-order valence-corrected chi connectivity index (χ0v) is 16.6. The van der Waals surface area contributed by atoms with Crippen LogP contribution in [0.1, 0.15) is 18.4 Å². The zero-order valence-electron chi connectivity index (χ0n) is 14.2. The number of hydrogen-bond acceptors (Lipinski definition) is 4. The van der Waals surface area contributed by atoms with Crippen molar-refractivity contribution in [1.29, 1.82) is 0 Å². The summed E-state index contributed by atoms with van der Waals surface area (Å²) in [7, 11) is 0. The summed E-state index contributed by atoms with van der Waals surface area (Å²) in [5, 5.41) is 1.41. The van der Waals surface area contributed by atoms with E-state index in [1.165, 1.54) is 5.56 Å². The van der Waals surface area contributed by atoms with Crippen molar-refractivity contribution in [2.75, 3.05) is 6.61 Å². The van der Waals surface area contributed by atoms with Crippen LogP contribution in [0.15, 0.2) is 63.0 Å². The Morgan fingerprint density at radius 3 is 2.81 bits per heavy atom. The van der Waals surface area contributed by atoms with Gasteiger partial charge in [0, 0.05) is 16.8 Å². The number of para-hydroxylation sites is 1. The van der Waals surface area contributed by atoms with E-state index in [1.54, 1.807) is 16.3 Å². The minimum absolute atomic E-state index is 0.0146. The van der Waals surface area contributed by atoms with Gasteiger partial charge in [-0.2, -0.15) is 0 Å². The number of ether oxygens (including phenoxy) is 1. The molecule has 1 fully saturated rings. The third-order valence-corrected chi connectivity index (χ3v) is 6.35. The van der Waals surface area contributed by atoms with E-state index in [-0.39, 0.29) is 11.7 Å². The van der Waals surface area contributed by atoms with Crippen molar-refractivity contribution in [3.8, 4) is 0 Å². The Morgan fingerprint density at radius 1 is 1.19 bits per heavy atom. The van der Waals surface area contributed by atoms with Gasteiger partial charge in [-0.25, -0.2) is 4.98 Å². The van der Waals surface area contributed by atoms with Crippen LogP contribution in [-0.2, 0) is 17.0 Å². The first-order valence-electron chi connectivity index (χ1n) is 8.70. The SMILES string of the molecule is O=c1c2ccccc2nc(SCc2ccccc2Br)n1CC1CCCO1. The average Bonchev–Trinajstić information content (AvgIpc) is 3.17. The minimum atomic E-state index is 0.0146. The Labute approximate surface area is 164 Å². The van der Waals surface area contributed by atoms with Crippen molar-refractivity contribution in [1.82, 2.24) is 9.55 Å². The number of rotatable bonds is 5. The number of thioether (sulfide) groups is 1. The first-order chi connectivity index (χ1) is 12.7. The van der Waals surface area contributed by atoms with Crippen LogP contribution in [0.2, 0.25) is 0 Å². The first kappa shape index (κ1) is 17.8. The van der Waals surface area contributed by atoms with Crippen molar-refractivity contribution < 1.29 is 4.74 Å². The summed E-state index contributed by atoms with van der Waals surface area (Å²) < 4.78 is 8.62. The molecule has 6 heteroatoms. The van der Waals surface area contributed by atoms with E-state index in [0.29, 0.717) is 11.9 Å². The first-order valence-corrected chi connectivity index (χ1v) is 10.5. The van der Waals surface area contributed by atoms with Gasteiger partial charge in [-0.1, -0.05) is 58.0 Å². The molecule has 134 valence electrons. The molecule has 0 aliphatic carbocycles. The Balaban J connectivity index is 1.71. The van der Waals surface area contributed by atoms with Gasteiger partial charge in [0.1, 0.15) is 0 Å². The molecule has 1 aliphatic heterocycles. The summed E-state index contributed by atoms with van der Waals surface area (Å²) >= 11 is 5.18. The Morgan fingerprint density at radius 2 is 2.00 bits per heavy atom. The molecular formula is C20H19BrN2O2S. The molecule has 1 aromatic heterocycles. The van der Waals surface area contributed by atoms with Crippen molar-refractivity contribution >= 4 is 38.6 Å². The monoisotopic (exact) mass is 430 g/mol. The normalized spacial score (nSPS) is 17.0. The van der Waals surface area contributed by atoms with E-state index in [1.807, 2.05) is 42.5 Å². The molecule has 1 atom stereocenters. The maximum Gasteiger partial charge on any atom is 0.262 e. The van der Waals surface area contributed by atoms with Gasteiger partial charge in [0.05, 0.1) is 23.6 Å². The second-order valence-electron chi connectivity index (χ2n) is 6.34.